The molecular formula is C15H16ClN5O. The van der Waals surface area contributed by atoms with Crippen LogP contribution in [-0.2, 0) is 5.54 Å². The Morgan fingerprint density at radius 2 is 1.91 bits per heavy atom. The Morgan fingerprint density at radius 3 is 2.59 bits per heavy atom. The number of benzene rings is 1. The Kier molecular flexibility index (Phi) is 3.72. The van der Waals surface area contributed by atoms with E-state index in [9.17, 15) is 0 Å². The van der Waals surface area contributed by atoms with Crippen molar-refractivity contribution in [1.82, 2.24) is 19.9 Å². The van der Waals surface area contributed by atoms with Crippen molar-refractivity contribution < 1.29 is 4.52 Å². The first-order valence-corrected chi connectivity index (χ1v) is 6.99. The smallest absolute Gasteiger partial charge is 0.278 e. The van der Waals surface area contributed by atoms with Crippen LogP contribution in [0.25, 0.3) is 17.3 Å². The van der Waals surface area contributed by atoms with Gasteiger partial charge in [0.15, 0.2) is 11.5 Å². The zero-order valence-corrected chi connectivity index (χ0v) is 12.7. The molecule has 0 aliphatic heterocycles. The van der Waals surface area contributed by atoms with Gasteiger partial charge in [-0.25, -0.2) is 4.68 Å². The third-order valence-corrected chi connectivity index (χ3v) is 3.95. The molecule has 0 saturated heterocycles. The minimum atomic E-state index is -0.413. The topological polar surface area (TPSA) is 82.8 Å². The number of nitrogens with zero attached hydrogens (tertiary/aromatic N) is 4. The molecule has 4 rings (SSSR count). The van der Waals surface area contributed by atoms with E-state index < -0.39 is 5.54 Å². The minimum absolute atomic E-state index is 0. The number of halogens is 1. The fourth-order valence-corrected chi connectivity index (χ4v) is 2.47. The van der Waals surface area contributed by atoms with Crippen molar-refractivity contribution in [3.05, 3.63) is 48.4 Å². The van der Waals surface area contributed by atoms with Crippen LogP contribution in [0.3, 0.4) is 0 Å². The van der Waals surface area contributed by atoms with Gasteiger partial charge in [-0.2, -0.15) is 10.1 Å². The van der Waals surface area contributed by atoms with E-state index in [2.05, 4.69) is 15.2 Å². The zero-order valence-electron chi connectivity index (χ0n) is 11.8. The Bertz CT molecular complexity index is 763. The summed E-state index contributed by atoms with van der Waals surface area (Å²) in [5.74, 6) is 0.995. The summed E-state index contributed by atoms with van der Waals surface area (Å²) in [6, 6.07) is 11.7. The van der Waals surface area contributed by atoms with Crippen molar-refractivity contribution in [3.63, 3.8) is 0 Å². The molecule has 22 heavy (non-hydrogen) atoms. The van der Waals surface area contributed by atoms with E-state index in [-0.39, 0.29) is 12.4 Å². The molecule has 0 bridgehead atoms. The third kappa shape index (κ3) is 2.40. The van der Waals surface area contributed by atoms with E-state index in [1.165, 1.54) is 0 Å². The lowest BCUT2D eigenvalue weighted by Gasteiger charge is -2.34. The molecule has 1 aliphatic carbocycles. The summed E-state index contributed by atoms with van der Waals surface area (Å²) in [5, 5.41) is 8.48. The molecule has 1 aliphatic rings. The second-order valence-electron chi connectivity index (χ2n) is 5.41. The van der Waals surface area contributed by atoms with Crippen LogP contribution in [0, 0.1) is 0 Å². The number of rotatable bonds is 3. The van der Waals surface area contributed by atoms with Gasteiger partial charge in [-0.1, -0.05) is 23.4 Å². The highest BCUT2D eigenvalue weighted by atomic mass is 35.5. The normalized spacial score (nSPS) is 15.9. The molecule has 0 radical (unpaired) electrons. The van der Waals surface area contributed by atoms with Gasteiger partial charge in [0.05, 0.1) is 11.2 Å². The minimum Gasteiger partial charge on any atom is -0.332 e. The van der Waals surface area contributed by atoms with Gasteiger partial charge in [-0.3, -0.25) is 0 Å². The summed E-state index contributed by atoms with van der Waals surface area (Å²) < 4.78 is 7.08. The molecule has 0 atom stereocenters. The van der Waals surface area contributed by atoms with Crippen molar-refractivity contribution >= 4 is 12.4 Å². The molecule has 1 aromatic carbocycles. The average Bonchev–Trinajstić information content (AvgIpc) is 3.14. The summed E-state index contributed by atoms with van der Waals surface area (Å²) in [6.07, 6.45) is 4.80. The summed E-state index contributed by atoms with van der Waals surface area (Å²) in [6.45, 7) is 0. The number of hydrogen-bond acceptors (Lipinski definition) is 5. The fourth-order valence-electron chi connectivity index (χ4n) is 2.47. The molecular weight excluding hydrogens is 302 g/mol. The highest BCUT2D eigenvalue weighted by Gasteiger charge is 2.39. The summed E-state index contributed by atoms with van der Waals surface area (Å²) in [7, 11) is 0. The molecule has 2 heterocycles. The van der Waals surface area contributed by atoms with Crippen molar-refractivity contribution in [1.29, 1.82) is 0 Å². The molecule has 7 heteroatoms. The molecule has 2 N–H and O–H groups in total. The quantitative estimate of drug-likeness (QED) is 0.803. The summed E-state index contributed by atoms with van der Waals surface area (Å²) >= 11 is 0. The van der Waals surface area contributed by atoms with Gasteiger partial charge in [-0.15, -0.1) is 12.4 Å². The SMILES string of the molecule is Cl.NC1(c2noc(-c3ccn(-c4ccccc4)n3)n2)CCC1. The van der Waals surface area contributed by atoms with Crippen LogP contribution in [0.4, 0.5) is 0 Å². The maximum absolute atomic E-state index is 6.20. The Hall–Kier alpha value is -2.18. The highest BCUT2D eigenvalue weighted by Crippen LogP contribution is 2.37. The molecule has 6 nitrogen and oxygen atoms in total. The van der Waals surface area contributed by atoms with E-state index in [0.717, 1.165) is 24.9 Å². The predicted octanol–water partition coefficient (Wildman–Crippen LogP) is 2.68. The van der Waals surface area contributed by atoms with Crippen LogP contribution in [0.5, 0.6) is 0 Å². The van der Waals surface area contributed by atoms with Crippen LogP contribution in [-0.4, -0.2) is 19.9 Å². The molecule has 2 aromatic heterocycles. The third-order valence-electron chi connectivity index (χ3n) is 3.95. The molecule has 1 fully saturated rings. The van der Waals surface area contributed by atoms with Crippen LogP contribution in [0.1, 0.15) is 25.1 Å². The van der Waals surface area contributed by atoms with Gasteiger partial charge in [-0.05, 0) is 37.5 Å². The van der Waals surface area contributed by atoms with Gasteiger partial charge in [0.25, 0.3) is 5.89 Å². The van der Waals surface area contributed by atoms with E-state index in [1.807, 2.05) is 42.6 Å². The lowest BCUT2D eigenvalue weighted by atomic mass is 9.77. The van der Waals surface area contributed by atoms with Gasteiger partial charge in [0.2, 0.25) is 0 Å². The van der Waals surface area contributed by atoms with E-state index in [1.54, 1.807) is 4.68 Å². The number of nitrogens with two attached hydrogens (primary N) is 1. The Morgan fingerprint density at radius 1 is 1.14 bits per heavy atom. The highest BCUT2D eigenvalue weighted by molar-refractivity contribution is 5.85. The molecule has 0 spiro atoms. The van der Waals surface area contributed by atoms with E-state index >= 15 is 0 Å². The molecule has 3 aromatic rings. The zero-order chi connectivity index (χ0) is 14.3. The van der Waals surface area contributed by atoms with Crippen LogP contribution in [0.15, 0.2) is 47.1 Å². The number of aromatic nitrogens is 4. The molecule has 0 amide bonds. The lowest BCUT2D eigenvalue weighted by Crippen LogP contribution is -2.44. The second-order valence-corrected chi connectivity index (χ2v) is 5.41. The van der Waals surface area contributed by atoms with E-state index in [0.29, 0.717) is 17.4 Å². The number of hydrogen-bond donors (Lipinski definition) is 1. The van der Waals surface area contributed by atoms with Gasteiger partial charge in [0, 0.05) is 6.20 Å². The molecule has 114 valence electrons. The van der Waals surface area contributed by atoms with E-state index in [4.69, 9.17) is 10.3 Å². The maximum Gasteiger partial charge on any atom is 0.278 e. The standard InChI is InChI=1S/C15H15N5O.ClH/c16-15(8-4-9-15)14-17-13(21-19-14)12-7-10-20(18-12)11-5-2-1-3-6-11;/h1-3,5-7,10H,4,8-9,16H2;1H. The largest absolute Gasteiger partial charge is 0.332 e. The van der Waals surface area contributed by atoms with Crippen molar-refractivity contribution in [2.24, 2.45) is 5.73 Å². The number of para-hydroxylation sites is 1. The Balaban J connectivity index is 0.00000144. The van der Waals surface area contributed by atoms with Crippen molar-refractivity contribution in [2.45, 2.75) is 24.8 Å². The van der Waals surface area contributed by atoms with Gasteiger partial charge >= 0.3 is 0 Å². The fraction of sp³-hybridized carbons (Fsp3) is 0.267. The Labute approximate surface area is 133 Å². The summed E-state index contributed by atoms with van der Waals surface area (Å²) in [4.78, 5) is 4.40. The lowest BCUT2D eigenvalue weighted by molar-refractivity contribution is 0.229. The molecule has 0 unspecified atom stereocenters. The predicted molar refractivity (Wildman–Crippen MR) is 83.8 cm³/mol. The summed E-state index contributed by atoms with van der Waals surface area (Å²) in [5.41, 5.74) is 7.43. The monoisotopic (exact) mass is 317 g/mol. The maximum atomic E-state index is 6.20. The molecule has 1 saturated carbocycles. The van der Waals surface area contributed by atoms with Crippen LogP contribution < -0.4 is 5.73 Å². The van der Waals surface area contributed by atoms with Crippen molar-refractivity contribution in [3.8, 4) is 17.3 Å². The first kappa shape index (κ1) is 14.7. The van der Waals surface area contributed by atoms with Gasteiger partial charge < -0.3 is 10.3 Å². The van der Waals surface area contributed by atoms with Crippen LogP contribution >= 0.6 is 12.4 Å². The van der Waals surface area contributed by atoms with Crippen LogP contribution in [0.2, 0.25) is 0 Å². The first-order valence-electron chi connectivity index (χ1n) is 6.99. The average molecular weight is 318 g/mol. The van der Waals surface area contributed by atoms with Crippen molar-refractivity contribution in [2.75, 3.05) is 0 Å². The first-order chi connectivity index (χ1) is 10.2. The van der Waals surface area contributed by atoms with Gasteiger partial charge in [0.1, 0.15) is 0 Å². The second kappa shape index (κ2) is 5.55.